The molecule has 1 unspecified atom stereocenters. The zero-order valence-electron chi connectivity index (χ0n) is 15.2. The van der Waals surface area contributed by atoms with Gasteiger partial charge in [0.2, 0.25) is 0 Å². The van der Waals surface area contributed by atoms with Gasteiger partial charge in [-0.3, -0.25) is 0 Å². The molecule has 0 saturated carbocycles. The largest absolute Gasteiger partial charge is 0.497 e. The highest BCUT2D eigenvalue weighted by Crippen LogP contribution is 2.28. The van der Waals surface area contributed by atoms with E-state index >= 15 is 0 Å². The number of carbonyl (C=O) groups excluding carboxylic acids is 1. The SMILES string of the molecule is COc1ccc(C(O)c2ccc(-c3nc4ccccc4n3C(N)=O)cc2)cc1. The summed E-state index contributed by atoms with van der Waals surface area (Å²) in [7, 11) is 1.60. The van der Waals surface area contributed by atoms with E-state index in [1.165, 1.54) is 4.57 Å². The number of aliphatic hydroxyl groups excluding tert-OH is 1. The predicted molar refractivity (Wildman–Crippen MR) is 107 cm³/mol. The lowest BCUT2D eigenvalue weighted by molar-refractivity contribution is 0.220. The van der Waals surface area contributed by atoms with Gasteiger partial charge in [-0.15, -0.1) is 0 Å². The van der Waals surface area contributed by atoms with Crippen molar-refractivity contribution in [2.75, 3.05) is 7.11 Å². The first kappa shape index (κ1) is 17.8. The number of carbonyl (C=O) groups is 1. The van der Waals surface area contributed by atoms with E-state index in [2.05, 4.69) is 4.98 Å². The topological polar surface area (TPSA) is 90.4 Å². The molecule has 4 rings (SSSR count). The van der Waals surface area contributed by atoms with E-state index in [9.17, 15) is 9.90 Å². The van der Waals surface area contributed by atoms with Crippen LogP contribution in [0.25, 0.3) is 22.4 Å². The first-order valence-electron chi connectivity index (χ1n) is 8.78. The summed E-state index contributed by atoms with van der Waals surface area (Å²) < 4.78 is 6.54. The molecule has 0 radical (unpaired) electrons. The molecule has 4 aromatic rings. The molecule has 3 aromatic carbocycles. The Morgan fingerprint density at radius 3 is 2.21 bits per heavy atom. The van der Waals surface area contributed by atoms with Crippen molar-refractivity contribution in [1.29, 1.82) is 0 Å². The molecule has 0 aliphatic heterocycles. The standard InChI is InChI=1S/C22H19N3O3/c1-28-17-12-10-15(11-13-17)20(26)14-6-8-16(9-7-14)21-24-18-4-2-3-5-19(18)25(21)22(23)27/h2-13,20,26H,1H3,(H2,23,27). The number of amides is 1. The van der Waals surface area contributed by atoms with Crippen molar-refractivity contribution >= 4 is 17.1 Å². The molecule has 6 heteroatoms. The molecule has 0 aliphatic rings. The molecule has 0 fully saturated rings. The van der Waals surface area contributed by atoms with Gasteiger partial charge in [0.25, 0.3) is 0 Å². The van der Waals surface area contributed by atoms with Gasteiger partial charge in [-0.05, 0) is 35.4 Å². The third-order valence-corrected chi connectivity index (χ3v) is 4.70. The number of hydrogen-bond acceptors (Lipinski definition) is 4. The minimum Gasteiger partial charge on any atom is -0.497 e. The van der Waals surface area contributed by atoms with Crippen LogP contribution < -0.4 is 10.5 Å². The molecular weight excluding hydrogens is 354 g/mol. The third-order valence-electron chi connectivity index (χ3n) is 4.70. The fourth-order valence-corrected chi connectivity index (χ4v) is 3.24. The van der Waals surface area contributed by atoms with E-state index in [0.717, 1.165) is 22.4 Å². The number of aliphatic hydroxyl groups is 1. The van der Waals surface area contributed by atoms with Crippen LogP contribution in [-0.4, -0.2) is 27.8 Å². The molecule has 1 atom stereocenters. The monoisotopic (exact) mass is 373 g/mol. The Kier molecular flexibility index (Phi) is 4.55. The molecule has 1 amide bonds. The van der Waals surface area contributed by atoms with E-state index in [4.69, 9.17) is 10.5 Å². The number of primary amides is 1. The molecule has 6 nitrogen and oxygen atoms in total. The van der Waals surface area contributed by atoms with Crippen LogP contribution in [0.15, 0.2) is 72.8 Å². The van der Waals surface area contributed by atoms with Gasteiger partial charge in [0, 0.05) is 5.56 Å². The smallest absolute Gasteiger partial charge is 0.325 e. The maximum Gasteiger partial charge on any atom is 0.325 e. The first-order chi connectivity index (χ1) is 13.6. The fraction of sp³-hybridized carbons (Fsp3) is 0.0909. The van der Waals surface area contributed by atoms with Crippen molar-refractivity contribution in [1.82, 2.24) is 9.55 Å². The molecule has 0 aliphatic carbocycles. The highest BCUT2D eigenvalue weighted by Gasteiger charge is 2.17. The highest BCUT2D eigenvalue weighted by atomic mass is 16.5. The number of ether oxygens (including phenoxy) is 1. The van der Waals surface area contributed by atoms with Crippen LogP contribution in [0, 0.1) is 0 Å². The molecule has 3 N–H and O–H groups in total. The molecular formula is C22H19N3O3. The van der Waals surface area contributed by atoms with Crippen LogP contribution in [0.5, 0.6) is 5.75 Å². The molecule has 28 heavy (non-hydrogen) atoms. The van der Waals surface area contributed by atoms with Gasteiger partial charge in [-0.2, -0.15) is 0 Å². The minimum absolute atomic E-state index is 0.471. The van der Waals surface area contributed by atoms with E-state index in [1.807, 2.05) is 66.7 Å². The predicted octanol–water partition coefficient (Wildman–Crippen LogP) is 3.72. The van der Waals surface area contributed by atoms with Gasteiger partial charge < -0.3 is 15.6 Å². The number of methoxy groups -OCH3 is 1. The molecule has 0 spiro atoms. The van der Waals surface area contributed by atoms with E-state index < -0.39 is 12.1 Å². The van der Waals surface area contributed by atoms with Crippen LogP contribution in [-0.2, 0) is 0 Å². The van der Waals surface area contributed by atoms with Crippen LogP contribution in [0.1, 0.15) is 17.2 Å². The summed E-state index contributed by atoms with van der Waals surface area (Å²) in [6.07, 6.45) is -0.769. The van der Waals surface area contributed by atoms with Crippen molar-refractivity contribution < 1.29 is 14.6 Å². The lowest BCUT2D eigenvalue weighted by Gasteiger charge is -2.13. The highest BCUT2D eigenvalue weighted by molar-refractivity contribution is 5.93. The fourth-order valence-electron chi connectivity index (χ4n) is 3.24. The first-order valence-corrected chi connectivity index (χ1v) is 8.78. The number of benzene rings is 3. The molecule has 1 heterocycles. The zero-order chi connectivity index (χ0) is 19.7. The average Bonchev–Trinajstić information content (AvgIpc) is 3.13. The molecule has 1 aromatic heterocycles. The molecule has 140 valence electrons. The van der Waals surface area contributed by atoms with Gasteiger partial charge in [0.15, 0.2) is 0 Å². The van der Waals surface area contributed by atoms with Gasteiger partial charge in [0.05, 0.1) is 18.1 Å². The maximum atomic E-state index is 12.0. The Balaban J connectivity index is 1.69. The summed E-state index contributed by atoms with van der Waals surface area (Å²) in [5, 5.41) is 10.6. The number of para-hydroxylation sites is 2. The number of rotatable bonds is 4. The second-order valence-electron chi connectivity index (χ2n) is 6.40. The van der Waals surface area contributed by atoms with Crippen molar-refractivity contribution in [3.8, 4) is 17.1 Å². The van der Waals surface area contributed by atoms with Gasteiger partial charge in [-0.1, -0.05) is 48.5 Å². The van der Waals surface area contributed by atoms with Crippen molar-refractivity contribution in [3.63, 3.8) is 0 Å². The van der Waals surface area contributed by atoms with E-state index in [-0.39, 0.29) is 0 Å². The van der Waals surface area contributed by atoms with Crippen LogP contribution >= 0.6 is 0 Å². The lowest BCUT2D eigenvalue weighted by atomic mass is 10.00. The normalized spacial score (nSPS) is 12.1. The Morgan fingerprint density at radius 1 is 1.00 bits per heavy atom. The van der Waals surface area contributed by atoms with Crippen molar-refractivity contribution in [2.24, 2.45) is 5.73 Å². The number of hydrogen-bond donors (Lipinski definition) is 2. The van der Waals surface area contributed by atoms with Crippen molar-refractivity contribution in [3.05, 3.63) is 83.9 Å². The lowest BCUT2D eigenvalue weighted by Crippen LogP contribution is -2.20. The molecule has 0 bridgehead atoms. The Hall–Kier alpha value is -3.64. The summed E-state index contributed by atoms with van der Waals surface area (Å²) in [5.74, 6) is 1.20. The summed E-state index contributed by atoms with van der Waals surface area (Å²) in [6, 6.07) is 21.3. The van der Waals surface area contributed by atoms with Gasteiger partial charge in [-0.25, -0.2) is 14.3 Å². The zero-order valence-corrected chi connectivity index (χ0v) is 15.2. The number of nitrogens with two attached hydrogens (primary N) is 1. The summed E-state index contributed by atoms with van der Waals surface area (Å²) in [5.41, 5.74) is 9.16. The van der Waals surface area contributed by atoms with Crippen LogP contribution in [0.4, 0.5) is 4.79 Å². The summed E-state index contributed by atoms with van der Waals surface area (Å²) in [6.45, 7) is 0. The quantitative estimate of drug-likeness (QED) is 0.570. The second-order valence-corrected chi connectivity index (χ2v) is 6.40. The maximum absolute atomic E-state index is 12.0. The van der Waals surface area contributed by atoms with Crippen LogP contribution in [0.2, 0.25) is 0 Å². The number of imidazole rings is 1. The Labute approximate surface area is 161 Å². The molecule has 0 saturated heterocycles. The Morgan fingerprint density at radius 2 is 1.61 bits per heavy atom. The van der Waals surface area contributed by atoms with Crippen molar-refractivity contribution in [2.45, 2.75) is 6.10 Å². The number of fused-ring (bicyclic) bond motifs is 1. The number of aromatic nitrogens is 2. The van der Waals surface area contributed by atoms with Gasteiger partial charge >= 0.3 is 6.03 Å². The summed E-state index contributed by atoms with van der Waals surface area (Å²) in [4.78, 5) is 16.5. The second kappa shape index (κ2) is 7.17. The van der Waals surface area contributed by atoms with E-state index in [0.29, 0.717) is 16.9 Å². The average molecular weight is 373 g/mol. The summed E-state index contributed by atoms with van der Waals surface area (Å²) >= 11 is 0. The van der Waals surface area contributed by atoms with Gasteiger partial charge in [0.1, 0.15) is 17.7 Å². The third kappa shape index (κ3) is 3.10. The number of nitrogens with zero attached hydrogens (tertiary/aromatic N) is 2. The van der Waals surface area contributed by atoms with Crippen LogP contribution in [0.3, 0.4) is 0 Å². The minimum atomic E-state index is -0.769. The van der Waals surface area contributed by atoms with E-state index in [1.54, 1.807) is 13.2 Å². The Bertz CT molecular complexity index is 1130.